The predicted molar refractivity (Wildman–Crippen MR) is 70.4 cm³/mol. The number of hydrogen-bond donors (Lipinski definition) is 1. The van der Waals surface area contributed by atoms with Crippen LogP contribution in [0.15, 0.2) is 42.5 Å². The second-order valence-electron chi connectivity index (χ2n) is 4.27. The molecule has 0 heterocycles. The van der Waals surface area contributed by atoms with Crippen LogP contribution in [0.5, 0.6) is 5.75 Å². The van der Waals surface area contributed by atoms with Crippen molar-refractivity contribution in [3.8, 4) is 16.9 Å². The first-order valence-corrected chi connectivity index (χ1v) is 5.92. The van der Waals surface area contributed by atoms with E-state index in [-0.39, 0.29) is 11.3 Å². The number of carbonyl (C=O) groups is 1. The van der Waals surface area contributed by atoms with Gasteiger partial charge in [-0.3, -0.25) is 0 Å². The van der Waals surface area contributed by atoms with E-state index in [0.29, 0.717) is 11.6 Å². The first kappa shape index (κ1) is 14.9. The van der Waals surface area contributed by atoms with Crippen LogP contribution in [0.4, 0.5) is 13.2 Å². The van der Waals surface area contributed by atoms with Gasteiger partial charge in [-0.1, -0.05) is 30.3 Å². The molecule has 0 aliphatic carbocycles. The van der Waals surface area contributed by atoms with Gasteiger partial charge in [0.2, 0.25) is 0 Å². The number of ether oxygens (including phenoxy) is 1. The lowest BCUT2D eigenvalue weighted by atomic mass is 9.96. The summed E-state index contributed by atoms with van der Waals surface area (Å²) >= 11 is 0. The van der Waals surface area contributed by atoms with Crippen molar-refractivity contribution in [2.24, 2.45) is 0 Å². The van der Waals surface area contributed by atoms with Gasteiger partial charge in [-0.05, 0) is 17.7 Å². The predicted octanol–water partition coefficient (Wildman–Crippen LogP) is 4.08. The SMILES string of the molecule is COc1cc(C(F)(F)F)cc(C(=O)O)c1-c1ccccc1. The molecule has 0 atom stereocenters. The molecule has 0 amide bonds. The number of hydrogen-bond acceptors (Lipinski definition) is 2. The van der Waals surface area contributed by atoms with Crippen LogP contribution >= 0.6 is 0 Å². The lowest BCUT2D eigenvalue weighted by Gasteiger charge is -2.16. The quantitative estimate of drug-likeness (QED) is 0.928. The Hall–Kier alpha value is -2.50. The Morgan fingerprint density at radius 3 is 2.24 bits per heavy atom. The number of carboxylic acids is 1. The van der Waals surface area contributed by atoms with E-state index in [2.05, 4.69) is 0 Å². The largest absolute Gasteiger partial charge is 0.496 e. The monoisotopic (exact) mass is 296 g/mol. The lowest BCUT2D eigenvalue weighted by Crippen LogP contribution is -2.10. The first-order valence-electron chi connectivity index (χ1n) is 5.92. The summed E-state index contributed by atoms with van der Waals surface area (Å²) in [6, 6.07) is 9.69. The van der Waals surface area contributed by atoms with Crippen LogP contribution < -0.4 is 4.74 Å². The summed E-state index contributed by atoms with van der Waals surface area (Å²) in [5.74, 6) is -1.58. The van der Waals surface area contributed by atoms with E-state index in [1.807, 2.05) is 0 Å². The van der Waals surface area contributed by atoms with Gasteiger partial charge in [-0.2, -0.15) is 13.2 Å². The average Bonchev–Trinajstić information content (AvgIpc) is 2.45. The van der Waals surface area contributed by atoms with E-state index in [0.717, 1.165) is 6.07 Å². The molecule has 0 bridgehead atoms. The molecule has 0 unspecified atom stereocenters. The third-order valence-electron chi connectivity index (χ3n) is 2.94. The number of halogens is 3. The summed E-state index contributed by atoms with van der Waals surface area (Å²) in [7, 11) is 1.20. The number of methoxy groups -OCH3 is 1. The third kappa shape index (κ3) is 2.99. The molecule has 0 saturated heterocycles. The average molecular weight is 296 g/mol. The van der Waals surface area contributed by atoms with Crippen LogP contribution in [0.3, 0.4) is 0 Å². The fourth-order valence-electron chi connectivity index (χ4n) is 2.01. The Morgan fingerprint density at radius 1 is 1.14 bits per heavy atom. The van der Waals surface area contributed by atoms with Gasteiger partial charge in [-0.15, -0.1) is 0 Å². The third-order valence-corrected chi connectivity index (χ3v) is 2.94. The molecule has 0 aliphatic rings. The van der Waals surface area contributed by atoms with Gasteiger partial charge in [-0.25, -0.2) is 4.79 Å². The molecular formula is C15H11F3O3. The summed E-state index contributed by atoms with van der Waals surface area (Å²) in [5, 5.41) is 9.21. The van der Waals surface area contributed by atoms with Crippen LogP contribution in [0.2, 0.25) is 0 Å². The fourth-order valence-corrected chi connectivity index (χ4v) is 2.01. The molecule has 0 radical (unpaired) electrons. The summed E-state index contributed by atoms with van der Waals surface area (Å²) in [6.07, 6.45) is -4.65. The second kappa shape index (κ2) is 5.47. The zero-order chi connectivity index (χ0) is 15.6. The zero-order valence-corrected chi connectivity index (χ0v) is 10.9. The lowest BCUT2D eigenvalue weighted by molar-refractivity contribution is -0.137. The zero-order valence-electron chi connectivity index (χ0n) is 10.9. The maximum atomic E-state index is 12.8. The van der Waals surface area contributed by atoms with Gasteiger partial charge in [0.05, 0.1) is 18.2 Å². The maximum Gasteiger partial charge on any atom is 0.416 e. The molecule has 3 nitrogen and oxygen atoms in total. The highest BCUT2D eigenvalue weighted by atomic mass is 19.4. The molecule has 0 aliphatic heterocycles. The Bertz CT molecular complexity index is 664. The van der Waals surface area contributed by atoms with E-state index in [1.54, 1.807) is 30.3 Å². The van der Waals surface area contributed by atoms with Gasteiger partial charge in [0.25, 0.3) is 0 Å². The molecule has 2 rings (SSSR count). The molecule has 21 heavy (non-hydrogen) atoms. The van der Waals surface area contributed by atoms with Crippen molar-refractivity contribution in [1.29, 1.82) is 0 Å². The Kier molecular flexibility index (Phi) is 3.88. The number of aromatic carboxylic acids is 1. The van der Waals surface area contributed by atoms with Gasteiger partial charge in [0, 0.05) is 5.56 Å². The number of carboxylic acid groups (broad SMARTS) is 1. The number of rotatable bonds is 3. The van der Waals surface area contributed by atoms with Crippen molar-refractivity contribution in [2.75, 3.05) is 7.11 Å². The van der Waals surface area contributed by atoms with E-state index in [9.17, 15) is 23.1 Å². The summed E-state index contributed by atoms with van der Waals surface area (Å²) in [5.41, 5.74) is -0.914. The topological polar surface area (TPSA) is 46.5 Å². The molecule has 6 heteroatoms. The smallest absolute Gasteiger partial charge is 0.416 e. The highest BCUT2D eigenvalue weighted by Gasteiger charge is 2.33. The summed E-state index contributed by atoms with van der Waals surface area (Å²) in [4.78, 5) is 11.3. The van der Waals surface area contributed by atoms with E-state index >= 15 is 0 Å². The Labute approximate surface area is 118 Å². The summed E-state index contributed by atoms with van der Waals surface area (Å²) < 4.78 is 43.5. The van der Waals surface area contributed by atoms with E-state index < -0.39 is 23.3 Å². The number of alkyl halides is 3. The van der Waals surface area contributed by atoms with E-state index in [4.69, 9.17) is 4.74 Å². The fraction of sp³-hybridized carbons (Fsp3) is 0.133. The molecule has 110 valence electrons. The normalized spacial score (nSPS) is 11.2. The van der Waals surface area contributed by atoms with Crippen LogP contribution in [0, 0.1) is 0 Å². The van der Waals surface area contributed by atoms with Crippen molar-refractivity contribution in [3.63, 3.8) is 0 Å². The van der Waals surface area contributed by atoms with Crippen LogP contribution in [-0.2, 0) is 6.18 Å². The highest BCUT2D eigenvalue weighted by molar-refractivity contribution is 5.98. The van der Waals surface area contributed by atoms with Gasteiger partial charge in [0.15, 0.2) is 0 Å². The molecule has 0 aromatic heterocycles. The summed E-state index contributed by atoms with van der Waals surface area (Å²) in [6.45, 7) is 0. The van der Waals surface area contributed by atoms with Crippen LogP contribution in [0.25, 0.3) is 11.1 Å². The number of benzene rings is 2. The van der Waals surface area contributed by atoms with Crippen molar-refractivity contribution < 1.29 is 27.8 Å². The Morgan fingerprint density at radius 2 is 1.76 bits per heavy atom. The minimum atomic E-state index is -4.65. The van der Waals surface area contributed by atoms with Crippen molar-refractivity contribution in [1.82, 2.24) is 0 Å². The molecule has 2 aromatic rings. The highest BCUT2D eigenvalue weighted by Crippen LogP contribution is 2.39. The van der Waals surface area contributed by atoms with Crippen molar-refractivity contribution in [2.45, 2.75) is 6.18 Å². The molecule has 0 saturated carbocycles. The van der Waals surface area contributed by atoms with Crippen molar-refractivity contribution in [3.05, 3.63) is 53.6 Å². The standard InChI is InChI=1S/C15H11F3O3/c1-21-12-8-10(15(16,17)18)7-11(14(19)20)13(12)9-5-3-2-4-6-9/h2-8H,1H3,(H,19,20). The van der Waals surface area contributed by atoms with Crippen LogP contribution in [-0.4, -0.2) is 18.2 Å². The van der Waals surface area contributed by atoms with Crippen LogP contribution in [0.1, 0.15) is 15.9 Å². The van der Waals surface area contributed by atoms with Gasteiger partial charge >= 0.3 is 12.1 Å². The molecule has 2 aromatic carbocycles. The first-order chi connectivity index (χ1) is 9.84. The minimum Gasteiger partial charge on any atom is -0.496 e. The Balaban J connectivity index is 2.77. The minimum absolute atomic E-state index is 0.124. The molecule has 1 N–H and O–H groups in total. The molecular weight excluding hydrogens is 285 g/mol. The maximum absolute atomic E-state index is 12.8. The van der Waals surface area contributed by atoms with Gasteiger partial charge in [0.1, 0.15) is 5.75 Å². The molecule has 0 fully saturated rings. The second-order valence-corrected chi connectivity index (χ2v) is 4.27. The van der Waals surface area contributed by atoms with Gasteiger partial charge < -0.3 is 9.84 Å². The van der Waals surface area contributed by atoms with Crippen molar-refractivity contribution >= 4 is 5.97 Å². The van der Waals surface area contributed by atoms with E-state index in [1.165, 1.54) is 7.11 Å². The molecule has 0 spiro atoms.